The Morgan fingerprint density at radius 3 is 2.77 bits per heavy atom. The third-order valence-electron chi connectivity index (χ3n) is 6.38. The molecule has 3 heterocycles. The topological polar surface area (TPSA) is 79.4 Å². The van der Waals surface area contributed by atoms with Crippen molar-refractivity contribution in [3.05, 3.63) is 50.0 Å². The fraction of sp³-hybridized carbons (Fsp3) is 0.542. The highest BCUT2D eigenvalue weighted by atomic mass is 79.9. The summed E-state index contributed by atoms with van der Waals surface area (Å²) in [5.41, 5.74) is 0.864. The van der Waals surface area contributed by atoms with Crippen LogP contribution in [0.3, 0.4) is 0 Å². The Balaban J connectivity index is 1.40. The van der Waals surface area contributed by atoms with E-state index in [1.807, 2.05) is 25.3 Å². The van der Waals surface area contributed by atoms with Gasteiger partial charge in [-0.05, 0) is 80.3 Å². The molecule has 2 aliphatic rings. The number of halogens is 3. The Hall–Kier alpha value is -2.27. The Kier molecular flexibility index (Phi) is 7.38. The second-order valence-corrected chi connectivity index (χ2v) is 11.3. The first-order valence-electron chi connectivity index (χ1n) is 11.6. The number of imidazole rings is 1. The molecule has 1 aromatic heterocycles. The molecule has 0 saturated carbocycles. The maximum atomic E-state index is 14.7. The SMILES string of the molecule is CC(C)(C)OC(=O)N1CCC[C@@H]1CNC(=O)Cc1[nH]c(=S)n2c1C[C@@H](c1c(F)ccc(Br)c1F)C2. The van der Waals surface area contributed by atoms with Crippen molar-refractivity contribution >= 4 is 40.1 Å². The normalized spacial score (nSPS) is 19.7. The van der Waals surface area contributed by atoms with E-state index >= 15 is 0 Å². The molecule has 35 heavy (non-hydrogen) atoms. The number of benzene rings is 1. The average molecular weight is 571 g/mol. The molecule has 190 valence electrons. The molecule has 2 atom stereocenters. The van der Waals surface area contributed by atoms with Crippen LogP contribution in [0.1, 0.15) is 56.5 Å². The first-order valence-corrected chi connectivity index (χ1v) is 12.8. The molecule has 2 amide bonds. The Labute approximate surface area is 216 Å². The number of nitrogens with zero attached hydrogens (tertiary/aromatic N) is 2. The number of rotatable bonds is 5. The predicted molar refractivity (Wildman–Crippen MR) is 133 cm³/mol. The van der Waals surface area contributed by atoms with Crippen molar-refractivity contribution in [3.63, 3.8) is 0 Å². The van der Waals surface area contributed by atoms with Crippen molar-refractivity contribution < 1.29 is 23.1 Å². The van der Waals surface area contributed by atoms with Crippen LogP contribution >= 0.6 is 28.1 Å². The number of aromatic amines is 1. The van der Waals surface area contributed by atoms with Gasteiger partial charge in [0.15, 0.2) is 4.77 Å². The van der Waals surface area contributed by atoms with Gasteiger partial charge in [0.2, 0.25) is 5.91 Å². The van der Waals surface area contributed by atoms with Crippen LogP contribution in [0.4, 0.5) is 13.6 Å². The fourth-order valence-electron chi connectivity index (χ4n) is 4.82. The van der Waals surface area contributed by atoms with Gasteiger partial charge in [-0.1, -0.05) is 0 Å². The minimum Gasteiger partial charge on any atom is -0.444 e. The zero-order valence-corrected chi connectivity index (χ0v) is 22.3. The number of amides is 2. The van der Waals surface area contributed by atoms with E-state index in [0.29, 0.717) is 36.5 Å². The lowest BCUT2D eigenvalue weighted by molar-refractivity contribution is -0.120. The summed E-state index contributed by atoms with van der Waals surface area (Å²) in [6.45, 7) is 6.72. The lowest BCUT2D eigenvalue weighted by atomic mass is 9.95. The largest absolute Gasteiger partial charge is 0.444 e. The quantitative estimate of drug-likeness (QED) is 0.392. The summed E-state index contributed by atoms with van der Waals surface area (Å²) in [6, 6.07) is 2.47. The van der Waals surface area contributed by atoms with Gasteiger partial charge >= 0.3 is 6.09 Å². The molecule has 4 rings (SSSR count). The van der Waals surface area contributed by atoms with Gasteiger partial charge in [0.25, 0.3) is 0 Å². The number of fused-ring (bicyclic) bond motifs is 1. The Bertz CT molecular complexity index is 1210. The molecule has 0 radical (unpaired) electrons. The number of likely N-dealkylation sites (tertiary alicyclic amines) is 1. The van der Waals surface area contributed by atoms with E-state index in [4.69, 9.17) is 17.0 Å². The van der Waals surface area contributed by atoms with Crippen molar-refractivity contribution in [2.24, 2.45) is 0 Å². The smallest absolute Gasteiger partial charge is 0.410 e. The van der Waals surface area contributed by atoms with Crippen LogP contribution in [0, 0.1) is 16.4 Å². The molecule has 7 nitrogen and oxygen atoms in total. The lowest BCUT2D eigenvalue weighted by Crippen LogP contribution is -2.45. The number of H-pyrrole nitrogens is 1. The third kappa shape index (κ3) is 5.61. The average Bonchev–Trinajstić information content (AvgIpc) is 3.46. The second kappa shape index (κ2) is 10.0. The third-order valence-corrected chi connectivity index (χ3v) is 7.32. The van der Waals surface area contributed by atoms with E-state index in [-0.39, 0.29) is 34.5 Å². The minimum atomic E-state index is -0.610. The molecular weight excluding hydrogens is 542 g/mol. The molecule has 0 unspecified atom stereocenters. The number of ether oxygens (including phenoxy) is 1. The highest BCUT2D eigenvalue weighted by Gasteiger charge is 2.34. The summed E-state index contributed by atoms with van der Waals surface area (Å²) in [7, 11) is 0. The standard InChI is InChI=1S/C24H29BrF2N4O3S/c1-24(2,3)34-23(33)30-8-4-5-14(30)11-28-19(32)10-17-18-9-13(12-31(18)22(35)29-17)20-16(26)7-6-15(25)21(20)27/h6-7,13-14H,4-5,8-12H2,1-3H3,(H,28,32)(H,29,35)/t13-,14-/m1/s1. The number of hydrogen-bond acceptors (Lipinski definition) is 4. The van der Waals surface area contributed by atoms with Crippen molar-refractivity contribution in [1.29, 1.82) is 0 Å². The maximum absolute atomic E-state index is 14.7. The summed E-state index contributed by atoms with van der Waals surface area (Å²) in [6.07, 6.45) is 1.69. The predicted octanol–water partition coefficient (Wildman–Crippen LogP) is 4.98. The van der Waals surface area contributed by atoms with E-state index in [1.165, 1.54) is 12.1 Å². The zero-order chi connectivity index (χ0) is 25.5. The van der Waals surface area contributed by atoms with E-state index in [9.17, 15) is 18.4 Å². The maximum Gasteiger partial charge on any atom is 0.410 e. The van der Waals surface area contributed by atoms with E-state index in [0.717, 1.165) is 18.5 Å². The highest BCUT2D eigenvalue weighted by Crippen LogP contribution is 2.36. The molecule has 0 aliphatic carbocycles. The van der Waals surface area contributed by atoms with Gasteiger partial charge in [-0.25, -0.2) is 13.6 Å². The van der Waals surface area contributed by atoms with Gasteiger partial charge in [-0.2, -0.15) is 0 Å². The van der Waals surface area contributed by atoms with Crippen molar-refractivity contribution in [3.8, 4) is 0 Å². The van der Waals surface area contributed by atoms with Crippen molar-refractivity contribution in [2.75, 3.05) is 13.1 Å². The van der Waals surface area contributed by atoms with Crippen molar-refractivity contribution in [2.45, 2.75) is 70.6 Å². The van der Waals surface area contributed by atoms with Gasteiger partial charge in [0.05, 0.1) is 16.9 Å². The lowest BCUT2D eigenvalue weighted by Gasteiger charge is -2.28. The summed E-state index contributed by atoms with van der Waals surface area (Å²) < 4.78 is 37.0. The first kappa shape index (κ1) is 25.8. The van der Waals surface area contributed by atoms with Crippen LogP contribution in [0.2, 0.25) is 0 Å². The molecule has 11 heteroatoms. The molecule has 0 spiro atoms. The number of carbonyl (C=O) groups excluding carboxylic acids is 2. The van der Waals surface area contributed by atoms with Crippen LogP contribution in [0.5, 0.6) is 0 Å². The van der Waals surface area contributed by atoms with Gasteiger partial charge in [-0.3, -0.25) is 4.79 Å². The van der Waals surface area contributed by atoms with Crippen molar-refractivity contribution in [1.82, 2.24) is 19.8 Å². The summed E-state index contributed by atoms with van der Waals surface area (Å²) >= 11 is 8.53. The summed E-state index contributed by atoms with van der Waals surface area (Å²) in [4.78, 5) is 30.0. The molecule has 2 N–H and O–H groups in total. The minimum absolute atomic E-state index is 0.0244. The van der Waals surface area contributed by atoms with Gasteiger partial charge in [0.1, 0.15) is 17.2 Å². The van der Waals surface area contributed by atoms with Crippen LogP contribution in [0.15, 0.2) is 16.6 Å². The van der Waals surface area contributed by atoms with Crippen LogP contribution in [-0.2, 0) is 28.9 Å². The summed E-state index contributed by atoms with van der Waals surface area (Å²) in [5, 5.41) is 2.91. The molecule has 2 aliphatic heterocycles. The molecule has 1 aromatic carbocycles. The first-order chi connectivity index (χ1) is 16.4. The van der Waals surface area contributed by atoms with Crippen LogP contribution < -0.4 is 5.32 Å². The monoisotopic (exact) mass is 570 g/mol. The fourth-order valence-corrected chi connectivity index (χ4v) is 5.47. The molecule has 1 saturated heterocycles. The van der Waals surface area contributed by atoms with E-state index in [1.54, 1.807) is 4.90 Å². The molecule has 0 bridgehead atoms. The van der Waals surface area contributed by atoms with Gasteiger partial charge in [-0.15, -0.1) is 0 Å². The van der Waals surface area contributed by atoms with E-state index in [2.05, 4.69) is 26.2 Å². The van der Waals surface area contributed by atoms with Gasteiger partial charge in [0, 0.05) is 42.5 Å². The van der Waals surface area contributed by atoms with E-state index < -0.39 is 23.2 Å². The number of nitrogens with one attached hydrogen (secondary N) is 2. The van der Waals surface area contributed by atoms with Gasteiger partial charge < -0.3 is 24.5 Å². The Morgan fingerprint density at radius 1 is 1.31 bits per heavy atom. The molecule has 1 fully saturated rings. The zero-order valence-electron chi connectivity index (χ0n) is 19.9. The molecular formula is C24H29BrF2N4O3S. The number of aromatic nitrogens is 2. The number of hydrogen-bond donors (Lipinski definition) is 2. The van der Waals surface area contributed by atoms with Crippen LogP contribution in [0.25, 0.3) is 0 Å². The summed E-state index contributed by atoms with van der Waals surface area (Å²) in [5.74, 6) is -1.84. The van der Waals surface area contributed by atoms with Crippen LogP contribution in [-0.4, -0.2) is 51.2 Å². The highest BCUT2D eigenvalue weighted by molar-refractivity contribution is 9.10. The second-order valence-electron chi connectivity index (χ2n) is 10.1. The number of carbonyl (C=O) groups is 2. The molecule has 2 aromatic rings. The Morgan fingerprint density at radius 2 is 2.06 bits per heavy atom.